The highest BCUT2D eigenvalue weighted by Gasteiger charge is 2.12. The van der Waals surface area contributed by atoms with E-state index in [0.29, 0.717) is 29.6 Å². The maximum atomic E-state index is 13.2. The lowest BCUT2D eigenvalue weighted by molar-refractivity contribution is -0.136. The summed E-state index contributed by atoms with van der Waals surface area (Å²) < 4.78 is 41.9. The van der Waals surface area contributed by atoms with Crippen molar-refractivity contribution in [1.82, 2.24) is 0 Å². The van der Waals surface area contributed by atoms with Crippen molar-refractivity contribution in [2.24, 2.45) is 5.92 Å². The van der Waals surface area contributed by atoms with Crippen LogP contribution < -0.4 is 9.47 Å². The number of methoxy groups -OCH3 is 1. The third-order valence-electron chi connectivity index (χ3n) is 3.76. The van der Waals surface area contributed by atoms with E-state index in [1.807, 2.05) is 13.8 Å². The van der Waals surface area contributed by atoms with E-state index in [-0.39, 0.29) is 5.56 Å². The Morgan fingerprint density at radius 3 is 2.45 bits per heavy atom. The third-order valence-corrected chi connectivity index (χ3v) is 3.76. The normalized spacial score (nSPS) is 11.0. The number of ketones is 1. The van der Waals surface area contributed by atoms with Gasteiger partial charge in [0.05, 0.1) is 13.7 Å². The molecule has 2 aromatic rings. The van der Waals surface area contributed by atoms with Crippen LogP contribution in [0.5, 0.6) is 11.5 Å². The number of hydrogen-bond donors (Lipinski definition) is 0. The number of benzene rings is 2. The molecule has 0 saturated carbocycles. The monoisotopic (exact) mass is 404 g/mol. The number of carbonyl (C=O) groups excluding carboxylic acids is 2. The van der Waals surface area contributed by atoms with E-state index in [2.05, 4.69) is 0 Å². The molecule has 0 aliphatic rings. The fourth-order valence-electron chi connectivity index (χ4n) is 2.27. The standard InChI is InChI=1S/C22H22F2O5/c1-14(2)12-28-20-8-4-15(10-21(20)27-3)5-9-22(26)29-13-19(25)16-6-7-17(23)18(24)11-16/h4-11,14H,12-13H2,1-3H3/b9-5+. The number of Topliss-reactive ketones (excluding diaryl/α,β-unsaturated/α-hetero) is 1. The molecule has 7 heteroatoms. The quantitative estimate of drug-likeness (QED) is 0.351. The summed E-state index contributed by atoms with van der Waals surface area (Å²) in [7, 11) is 1.52. The molecule has 0 saturated heterocycles. The maximum Gasteiger partial charge on any atom is 0.331 e. The first-order valence-corrected chi connectivity index (χ1v) is 8.94. The fourth-order valence-corrected chi connectivity index (χ4v) is 2.27. The topological polar surface area (TPSA) is 61.8 Å². The van der Waals surface area contributed by atoms with Crippen LogP contribution in [0.1, 0.15) is 29.8 Å². The lowest BCUT2D eigenvalue weighted by Crippen LogP contribution is -2.13. The second kappa shape index (κ2) is 10.4. The van der Waals surface area contributed by atoms with Crippen LogP contribution in [0.25, 0.3) is 6.08 Å². The molecule has 29 heavy (non-hydrogen) atoms. The molecular formula is C22H22F2O5. The molecule has 0 atom stereocenters. The van der Waals surface area contributed by atoms with Crippen LogP contribution in [0, 0.1) is 17.6 Å². The minimum Gasteiger partial charge on any atom is -0.493 e. The zero-order valence-corrected chi connectivity index (χ0v) is 16.4. The van der Waals surface area contributed by atoms with Gasteiger partial charge in [-0.2, -0.15) is 0 Å². The first-order valence-electron chi connectivity index (χ1n) is 8.94. The van der Waals surface area contributed by atoms with Crippen LogP contribution in [0.4, 0.5) is 8.78 Å². The van der Waals surface area contributed by atoms with Crippen molar-refractivity contribution < 1.29 is 32.6 Å². The van der Waals surface area contributed by atoms with Gasteiger partial charge in [-0.25, -0.2) is 13.6 Å². The lowest BCUT2D eigenvalue weighted by atomic mass is 10.1. The molecule has 0 heterocycles. The minimum atomic E-state index is -1.14. The first kappa shape index (κ1) is 22.1. The van der Waals surface area contributed by atoms with Crippen LogP contribution in [0.3, 0.4) is 0 Å². The molecule has 2 aromatic carbocycles. The van der Waals surface area contributed by atoms with Crippen LogP contribution in [0.15, 0.2) is 42.5 Å². The van der Waals surface area contributed by atoms with Crippen molar-refractivity contribution in [3.63, 3.8) is 0 Å². The van der Waals surface area contributed by atoms with Gasteiger partial charge in [0, 0.05) is 11.6 Å². The Balaban J connectivity index is 1.94. The van der Waals surface area contributed by atoms with Gasteiger partial charge in [-0.1, -0.05) is 19.9 Å². The van der Waals surface area contributed by atoms with Crippen LogP contribution in [-0.4, -0.2) is 32.1 Å². The molecule has 154 valence electrons. The maximum absolute atomic E-state index is 13.2. The Hall–Kier alpha value is -3.22. The summed E-state index contributed by atoms with van der Waals surface area (Å²) in [5, 5.41) is 0. The van der Waals surface area contributed by atoms with Crippen molar-refractivity contribution in [1.29, 1.82) is 0 Å². The van der Waals surface area contributed by atoms with Crippen molar-refractivity contribution in [2.75, 3.05) is 20.3 Å². The summed E-state index contributed by atoms with van der Waals surface area (Å²) in [5.41, 5.74) is 0.588. The molecule has 0 unspecified atom stereocenters. The second-order valence-corrected chi connectivity index (χ2v) is 6.61. The fraction of sp³-hybridized carbons (Fsp3) is 0.273. The highest BCUT2D eigenvalue weighted by atomic mass is 19.2. The van der Waals surface area contributed by atoms with E-state index in [1.165, 1.54) is 13.2 Å². The van der Waals surface area contributed by atoms with E-state index in [0.717, 1.165) is 24.3 Å². The molecule has 0 amide bonds. The number of rotatable bonds is 9. The summed E-state index contributed by atoms with van der Waals surface area (Å²) in [6.45, 7) is 4.03. The van der Waals surface area contributed by atoms with E-state index < -0.39 is 30.0 Å². The molecule has 2 rings (SSSR count). The molecule has 0 spiro atoms. The second-order valence-electron chi connectivity index (χ2n) is 6.61. The van der Waals surface area contributed by atoms with Gasteiger partial charge in [-0.05, 0) is 47.9 Å². The molecule has 0 aliphatic heterocycles. The predicted molar refractivity (Wildman–Crippen MR) is 104 cm³/mol. The average Bonchev–Trinajstić information content (AvgIpc) is 2.70. The van der Waals surface area contributed by atoms with Crippen molar-refractivity contribution in [3.8, 4) is 11.5 Å². The van der Waals surface area contributed by atoms with Crippen LogP contribution >= 0.6 is 0 Å². The summed E-state index contributed by atoms with van der Waals surface area (Å²) in [5.74, 6) is -2.11. The van der Waals surface area contributed by atoms with Gasteiger partial charge < -0.3 is 14.2 Å². The van der Waals surface area contributed by atoms with Crippen molar-refractivity contribution in [3.05, 3.63) is 65.2 Å². The van der Waals surface area contributed by atoms with Crippen molar-refractivity contribution >= 4 is 17.8 Å². The van der Waals surface area contributed by atoms with Gasteiger partial charge in [0.25, 0.3) is 0 Å². The molecule has 0 N–H and O–H groups in total. The number of carbonyl (C=O) groups is 2. The van der Waals surface area contributed by atoms with Crippen LogP contribution in [0.2, 0.25) is 0 Å². The molecule has 0 fully saturated rings. The van der Waals surface area contributed by atoms with Crippen molar-refractivity contribution in [2.45, 2.75) is 13.8 Å². The molecule has 0 aliphatic carbocycles. The first-order chi connectivity index (χ1) is 13.8. The smallest absolute Gasteiger partial charge is 0.331 e. The van der Waals surface area contributed by atoms with E-state index in [1.54, 1.807) is 18.2 Å². The van der Waals surface area contributed by atoms with E-state index in [9.17, 15) is 18.4 Å². The number of halogens is 2. The average molecular weight is 404 g/mol. The molecule has 0 radical (unpaired) electrons. The zero-order chi connectivity index (χ0) is 21.4. The Bertz CT molecular complexity index is 906. The highest BCUT2D eigenvalue weighted by molar-refractivity contribution is 5.98. The number of ether oxygens (including phenoxy) is 3. The molecular weight excluding hydrogens is 382 g/mol. The zero-order valence-electron chi connectivity index (χ0n) is 16.4. The summed E-state index contributed by atoms with van der Waals surface area (Å²) in [4.78, 5) is 23.7. The third kappa shape index (κ3) is 6.71. The largest absolute Gasteiger partial charge is 0.493 e. The van der Waals surface area contributed by atoms with E-state index >= 15 is 0 Å². The molecule has 0 bridgehead atoms. The van der Waals surface area contributed by atoms with Gasteiger partial charge >= 0.3 is 5.97 Å². The lowest BCUT2D eigenvalue weighted by Gasteiger charge is -2.12. The van der Waals surface area contributed by atoms with Crippen LogP contribution in [-0.2, 0) is 9.53 Å². The Morgan fingerprint density at radius 1 is 1.03 bits per heavy atom. The summed E-state index contributed by atoms with van der Waals surface area (Å²) >= 11 is 0. The Morgan fingerprint density at radius 2 is 1.79 bits per heavy atom. The van der Waals surface area contributed by atoms with Gasteiger partial charge in [-0.3, -0.25) is 4.79 Å². The number of hydrogen-bond acceptors (Lipinski definition) is 5. The highest BCUT2D eigenvalue weighted by Crippen LogP contribution is 2.29. The summed E-state index contributed by atoms with van der Waals surface area (Å²) in [6, 6.07) is 7.90. The molecule has 5 nitrogen and oxygen atoms in total. The van der Waals surface area contributed by atoms with Gasteiger partial charge in [-0.15, -0.1) is 0 Å². The Labute approximate surface area is 167 Å². The SMILES string of the molecule is COc1cc(/C=C/C(=O)OCC(=O)c2ccc(F)c(F)c2)ccc1OCC(C)C. The Kier molecular flexibility index (Phi) is 7.88. The van der Waals surface area contributed by atoms with Gasteiger partial charge in [0.15, 0.2) is 35.5 Å². The van der Waals surface area contributed by atoms with E-state index in [4.69, 9.17) is 14.2 Å². The predicted octanol–water partition coefficient (Wildman–Crippen LogP) is 4.45. The number of esters is 1. The van der Waals surface area contributed by atoms with Gasteiger partial charge in [0.2, 0.25) is 0 Å². The molecule has 0 aromatic heterocycles. The van der Waals surface area contributed by atoms with Gasteiger partial charge in [0.1, 0.15) is 0 Å². The summed E-state index contributed by atoms with van der Waals surface area (Å²) in [6.07, 6.45) is 2.65. The minimum absolute atomic E-state index is 0.0811.